The molecule has 1 fully saturated rings. The number of benzene rings is 1. The van der Waals surface area contributed by atoms with Gasteiger partial charge in [-0.05, 0) is 59.6 Å². The molecule has 19 heavy (non-hydrogen) atoms. The summed E-state index contributed by atoms with van der Waals surface area (Å²) in [5, 5.41) is 0. The number of hydrogen-bond acceptors (Lipinski definition) is 0. The van der Waals surface area contributed by atoms with Crippen molar-refractivity contribution in [1.82, 2.24) is 0 Å². The lowest BCUT2D eigenvalue weighted by Gasteiger charge is -2.49. The van der Waals surface area contributed by atoms with Gasteiger partial charge in [0.2, 0.25) is 0 Å². The summed E-state index contributed by atoms with van der Waals surface area (Å²) in [6.45, 7) is 7.28. The van der Waals surface area contributed by atoms with Crippen LogP contribution >= 0.6 is 0 Å². The standard InChI is InChI=1S/C18H26.CH4/c1-4-14-7-9-17-15(12-14)8-10-16-13(2)6-5-11-18(16,17)3;/h7,9,12-13,16H,4-6,8,10-11H2,1-3H3;1H4. The van der Waals surface area contributed by atoms with Crippen molar-refractivity contribution < 1.29 is 0 Å². The Bertz CT molecular complexity index is 445. The molecule has 0 heteroatoms. The average Bonchev–Trinajstić information content (AvgIpc) is 2.38. The third-order valence-corrected chi connectivity index (χ3v) is 5.78. The summed E-state index contributed by atoms with van der Waals surface area (Å²) < 4.78 is 0. The first-order valence-corrected chi connectivity index (χ1v) is 7.77. The van der Waals surface area contributed by atoms with Crippen LogP contribution in [0.5, 0.6) is 0 Å². The number of fused-ring (bicyclic) bond motifs is 3. The van der Waals surface area contributed by atoms with Crippen LogP contribution in [0.4, 0.5) is 0 Å². The molecule has 106 valence electrons. The van der Waals surface area contributed by atoms with Crippen LogP contribution in [0.3, 0.4) is 0 Å². The van der Waals surface area contributed by atoms with Gasteiger partial charge >= 0.3 is 0 Å². The van der Waals surface area contributed by atoms with Crippen molar-refractivity contribution in [3.63, 3.8) is 0 Å². The van der Waals surface area contributed by atoms with E-state index in [4.69, 9.17) is 0 Å². The first-order valence-electron chi connectivity index (χ1n) is 7.77. The Kier molecular flexibility index (Phi) is 4.08. The summed E-state index contributed by atoms with van der Waals surface area (Å²) in [5.74, 6) is 1.84. The molecule has 0 nitrogen and oxygen atoms in total. The van der Waals surface area contributed by atoms with Gasteiger partial charge in [0.1, 0.15) is 0 Å². The molecule has 0 aromatic heterocycles. The van der Waals surface area contributed by atoms with Crippen LogP contribution in [0, 0.1) is 11.8 Å². The maximum Gasteiger partial charge on any atom is -0.00417 e. The molecule has 3 rings (SSSR count). The van der Waals surface area contributed by atoms with Crippen LogP contribution < -0.4 is 0 Å². The van der Waals surface area contributed by atoms with Crippen LogP contribution in [0.1, 0.15) is 70.6 Å². The smallest absolute Gasteiger partial charge is 0.00417 e. The molecule has 3 unspecified atom stereocenters. The second-order valence-electron chi connectivity index (χ2n) is 6.78. The van der Waals surface area contributed by atoms with Crippen molar-refractivity contribution in [3.05, 3.63) is 34.9 Å². The highest BCUT2D eigenvalue weighted by Gasteiger charge is 2.44. The Morgan fingerprint density at radius 3 is 2.79 bits per heavy atom. The van der Waals surface area contributed by atoms with Crippen molar-refractivity contribution in [2.45, 2.75) is 72.1 Å². The highest BCUT2D eigenvalue weighted by Crippen LogP contribution is 2.52. The van der Waals surface area contributed by atoms with Gasteiger partial charge in [-0.2, -0.15) is 0 Å². The molecule has 2 aliphatic rings. The van der Waals surface area contributed by atoms with Crippen LogP contribution in [-0.4, -0.2) is 0 Å². The van der Waals surface area contributed by atoms with E-state index in [2.05, 4.69) is 39.0 Å². The second-order valence-corrected chi connectivity index (χ2v) is 6.78. The quantitative estimate of drug-likeness (QED) is 0.621. The SMILES string of the molecule is C.CCc1ccc2c(c1)CCC1C(C)CCCC21C. The van der Waals surface area contributed by atoms with Crippen LogP contribution in [0.2, 0.25) is 0 Å². The minimum atomic E-state index is 0. The zero-order valence-electron chi connectivity index (χ0n) is 12.1. The fourth-order valence-corrected chi connectivity index (χ4v) is 4.69. The molecule has 0 bridgehead atoms. The van der Waals surface area contributed by atoms with Crippen molar-refractivity contribution in [2.24, 2.45) is 11.8 Å². The highest BCUT2D eigenvalue weighted by molar-refractivity contribution is 5.40. The van der Waals surface area contributed by atoms with E-state index in [0.717, 1.165) is 11.8 Å². The molecule has 0 heterocycles. The Hall–Kier alpha value is -0.780. The minimum Gasteiger partial charge on any atom is -0.0776 e. The molecule has 0 amide bonds. The summed E-state index contributed by atoms with van der Waals surface area (Å²) in [4.78, 5) is 0. The van der Waals surface area contributed by atoms with E-state index >= 15 is 0 Å². The van der Waals surface area contributed by atoms with Gasteiger partial charge in [0.25, 0.3) is 0 Å². The zero-order valence-corrected chi connectivity index (χ0v) is 12.1. The monoisotopic (exact) mass is 258 g/mol. The van der Waals surface area contributed by atoms with Gasteiger partial charge in [0, 0.05) is 0 Å². The predicted molar refractivity (Wildman–Crippen MR) is 84.7 cm³/mol. The van der Waals surface area contributed by atoms with Crippen LogP contribution in [-0.2, 0) is 18.3 Å². The van der Waals surface area contributed by atoms with E-state index in [9.17, 15) is 0 Å². The van der Waals surface area contributed by atoms with Gasteiger partial charge in [0.15, 0.2) is 0 Å². The number of aryl methyl sites for hydroxylation is 2. The average molecular weight is 258 g/mol. The van der Waals surface area contributed by atoms with E-state index < -0.39 is 0 Å². The third kappa shape index (κ3) is 2.24. The van der Waals surface area contributed by atoms with Gasteiger partial charge in [-0.3, -0.25) is 0 Å². The molecule has 1 saturated carbocycles. The fourth-order valence-electron chi connectivity index (χ4n) is 4.69. The lowest BCUT2D eigenvalue weighted by Crippen LogP contribution is -2.43. The molecule has 1 aromatic rings. The van der Waals surface area contributed by atoms with Crippen molar-refractivity contribution >= 4 is 0 Å². The summed E-state index contributed by atoms with van der Waals surface area (Å²) in [6.07, 6.45) is 8.17. The van der Waals surface area contributed by atoms with Gasteiger partial charge in [-0.1, -0.05) is 59.2 Å². The third-order valence-electron chi connectivity index (χ3n) is 5.78. The fraction of sp³-hybridized carbons (Fsp3) is 0.684. The van der Waals surface area contributed by atoms with E-state index in [-0.39, 0.29) is 7.43 Å². The Balaban J connectivity index is 0.00000133. The first-order chi connectivity index (χ1) is 8.65. The first kappa shape index (κ1) is 14.6. The molecule has 0 saturated heterocycles. The van der Waals surface area contributed by atoms with Crippen LogP contribution in [0.25, 0.3) is 0 Å². The number of hydrogen-bond donors (Lipinski definition) is 0. The van der Waals surface area contributed by atoms with Crippen molar-refractivity contribution in [2.75, 3.05) is 0 Å². The van der Waals surface area contributed by atoms with Gasteiger partial charge in [-0.25, -0.2) is 0 Å². The maximum atomic E-state index is 2.54. The van der Waals surface area contributed by atoms with Gasteiger partial charge in [-0.15, -0.1) is 0 Å². The van der Waals surface area contributed by atoms with Crippen molar-refractivity contribution in [1.29, 1.82) is 0 Å². The van der Waals surface area contributed by atoms with Gasteiger partial charge < -0.3 is 0 Å². The molecule has 0 radical (unpaired) electrons. The highest BCUT2D eigenvalue weighted by atomic mass is 14.5. The Labute approximate surface area is 119 Å². The molecule has 0 N–H and O–H groups in total. The lowest BCUT2D eigenvalue weighted by molar-refractivity contribution is 0.118. The van der Waals surface area contributed by atoms with E-state index in [1.54, 1.807) is 11.1 Å². The normalized spacial score (nSPS) is 33.0. The Morgan fingerprint density at radius 2 is 2.05 bits per heavy atom. The summed E-state index contributed by atoms with van der Waals surface area (Å²) in [6, 6.07) is 7.31. The lowest BCUT2D eigenvalue weighted by atomic mass is 9.55. The molecular weight excluding hydrogens is 228 g/mol. The summed E-state index contributed by atoms with van der Waals surface area (Å²) in [5.41, 5.74) is 5.32. The van der Waals surface area contributed by atoms with Crippen LogP contribution in [0.15, 0.2) is 18.2 Å². The van der Waals surface area contributed by atoms with Gasteiger partial charge in [0.05, 0.1) is 0 Å². The molecule has 2 aliphatic carbocycles. The van der Waals surface area contributed by atoms with E-state index in [1.807, 2.05) is 0 Å². The molecule has 3 atom stereocenters. The summed E-state index contributed by atoms with van der Waals surface area (Å²) in [7, 11) is 0. The largest absolute Gasteiger partial charge is 0.0776 e. The van der Waals surface area contributed by atoms with E-state index in [1.165, 1.54) is 44.1 Å². The molecule has 0 aliphatic heterocycles. The summed E-state index contributed by atoms with van der Waals surface area (Å²) >= 11 is 0. The van der Waals surface area contributed by atoms with E-state index in [0.29, 0.717) is 5.41 Å². The molecule has 1 aromatic carbocycles. The second kappa shape index (κ2) is 5.31. The maximum absolute atomic E-state index is 2.54. The molecular formula is C19H30. The topological polar surface area (TPSA) is 0 Å². The van der Waals surface area contributed by atoms with Crippen molar-refractivity contribution in [3.8, 4) is 0 Å². The Morgan fingerprint density at radius 1 is 1.26 bits per heavy atom. The predicted octanol–water partition coefficient (Wildman–Crippen LogP) is 5.53. The number of rotatable bonds is 1. The molecule has 0 spiro atoms. The zero-order chi connectivity index (χ0) is 12.8. The minimum absolute atomic E-state index is 0.